The van der Waals surface area contributed by atoms with Gasteiger partial charge in [-0.1, -0.05) is 61.6 Å². The highest BCUT2D eigenvalue weighted by Gasteiger charge is 2.39. The van der Waals surface area contributed by atoms with Crippen molar-refractivity contribution >= 4 is 15.9 Å². The maximum Gasteiger partial charge on any atom is 0.416 e. The molecular weight excluding hydrogens is 527 g/mol. The number of carbonyl (C=O) groups excluding carboxylic acids is 1. The number of benzene rings is 2. The first-order chi connectivity index (χ1) is 18.5. The molecule has 1 aliphatic carbocycles. The summed E-state index contributed by atoms with van der Waals surface area (Å²) in [7, 11) is -4.32. The number of halogens is 3. The number of nitrogens with one attached hydrogen (secondary N) is 2. The molecule has 1 saturated carbocycles. The Morgan fingerprint density at radius 1 is 1.00 bits per heavy atom. The number of rotatable bonds is 9. The van der Waals surface area contributed by atoms with Gasteiger partial charge in [-0.3, -0.25) is 10.1 Å². The van der Waals surface area contributed by atoms with E-state index in [1.54, 1.807) is 0 Å². The molecule has 214 valence electrons. The average Bonchev–Trinajstić information content (AvgIpc) is 2.93. The molecule has 1 amide bonds. The molecule has 2 aromatic carbocycles. The van der Waals surface area contributed by atoms with E-state index in [-0.39, 0.29) is 6.54 Å². The fraction of sp³-hybridized carbons (Fsp3) is 0.552. The molecule has 1 aliphatic heterocycles. The number of carbonyl (C=O) groups is 1. The van der Waals surface area contributed by atoms with Crippen LogP contribution in [0.25, 0.3) is 0 Å². The van der Waals surface area contributed by atoms with Gasteiger partial charge in [0.2, 0.25) is 15.9 Å². The van der Waals surface area contributed by atoms with E-state index in [0.29, 0.717) is 37.7 Å². The van der Waals surface area contributed by atoms with Crippen molar-refractivity contribution in [3.05, 3.63) is 65.2 Å². The van der Waals surface area contributed by atoms with Gasteiger partial charge in [-0.15, -0.1) is 0 Å². The van der Waals surface area contributed by atoms with Gasteiger partial charge < -0.3 is 5.32 Å². The summed E-state index contributed by atoms with van der Waals surface area (Å²) in [5.41, 5.74) is 1.14. The van der Waals surface area contributed by atoms with Crippen molar-refractivity contribution in [2.75, 3.05) is 13.1 Å². The van der Waals surface area contributed by atoms with E-state index in [4.69, 9.17) is 0 Å². The van der Waals surface area contributed by atoms with E-state index < -0.39 is 44.8 Å². The predicted octanol–water partition coefficient (Wildman–Crippen LogP) is 5.41. The van der Waals surface area contributed by atoms with Gasteiger partial charge in [0.15, 0.2) is 0 Å². The third-order valence-corrected chi connectivity index (χ3v) is 9.68. The van der Waals surface area contributed by atoms with Crippen molar-refractivity contribution in [3.8, 4) is 0 Å². The second kappa shape index (κ2) is 12.8. The van der Waals surface area contributed by atoms with Crippen molar-refractivity contribution in [2.24, 2.45) is 5.92 Å². The average molecular weight is 566 g/mol. The quantitative estimate of drug-likeness (QED) is 0.399. The molecule has 2 N–H and O–H groups in total. The molecule has 2 fully saturated rings. The molecule has 0 aromatic heterocycles. The number of nitrogens with zero attached hydrogens (tertiary/aromatic N) is 1. The monoisotopic (exact) mass is 565 g/mol. The highest BCUT2D eigenvalue weighted by Crippen LogP contribution is 2.32. The second-order valence-electron chi connectivity index (χ2n) is 10.8. The van der Waals surface area contributed by atoms with E-state index in [9.17, 15) is 26.4 Å². The van der Waals surface area contributed by atoms with Crippen LogP contribution in [0.4, 0.5) is 13.2 Å². The van der Waals surface area contributed by atoms with Crippen molar-refractivity contribution in [3.63, 3.8) is 0 Å². The highest BCUT2D eigenvalue weighted by atomic mass is 32.2. The maximum absolute atomic E-state index is 13.6. The Hall–Kier alpha value is -2.43. The zero-order chi connectivity index (χ0) is 28.0. The minimum absolute atomic E-state index is 0.0782. The van der Waals surface area contributed by atoms with Gasteiger partial charge in [0.1, 0.15) is 6.04 Å². The number of hydrogen-bond acceptors (Lipinski definition) is 4. The standard InChI is InChI=1S/C29H38F3N3O3S/c1-21-13-15-22(16-14-21)18-27(33-20-23-8-3-2-4-9-23)34-28(36)26-12-5-6-17-35(26)39(37,38)25-11-7-10-24(19-25)29(30,31)32/h7,10-11,13-16,19,23,26-27,33H,2-6,8-9,12,17-18,20H2,1H3,(H,34,36)/t26-,27-/m0/s1. The molecule has 1 heterocycles. The Labute approximate surface area is 229 Å². The molecule has 6 nitrogen and oxygen atoms in total. The lowest BCUT2D eigenvalue weighted by Crippen LogP contribution is -2.57. The van der Waals surface area contributed by atoms with Crippen LogP contribution in [0.2, 0.25) is 0 Å². The van der Waals surface area contributed by atoms with Gasteiger partial charge >= 0.3 is 6.18 Å². The van der Waals surface area contributed by atoms with E-state index in [0.717, 1.165) is 53.0 Å². The summed E-state index contributed by atoms with van der Waals surface area (Å²) < 4.78 is 67.9. The lowest BCUT2D eigenvalue weighted by Gasteiger charge is -2.35. The smallest absolute Gasteiger partial charge is 0.339 e. The van der Waals surface area contributed by atoms with Crippen molar-refractivity contribution in [1.29, 1.82) is 0 Å². The lowest BCUT2D eigenvalue weighted by atomic mass is 9.89. The molecule has 0 radical (unpaired) electrons. The largest absolute Gasteiger partial charge is 0.416 e. The Morgan fingerprint density at radius 3 is 2.38 bits per heavy atom. The van der Waals surface area contributed by atoms with Crippen LogP contribution < -0.4 is 10.6 Å². The zero-order valence-corrected chi connectivity index (χ0v) is 23.2. The molecule has 10 heteroatoms. The molecule has 0 unspecified atom stereocenters. The van der Waals surface area contributed by atoms with Gasteiger partial charge in [0, 0.05) is 13.0 Å². The third kappa shape index (κ3) is 7.83. The van der Waals surface area contributed by atoms with Gasteiger partial charge in [0.05, 0.1) is 16.6 Å². The number of sulfonamides is 1. The topological polar surface area (TPSA) is 78.5 Å². The molecule has 39 heavy (non-hydrogen) atoms. The fourth-order valence-corrected chi connectivity index (χ4v) is 7.23. The van der Waals surface area contributed by atoms with Crippen LogP contribution in [0.1, 0.15) is 68.1 Å². The number of hydrogen-bond donors (Lipinski definition) is 2. The van der Waals surface area contributed by atoms with E-state index in [1.807, 2.05) is 31.2 Å². The molecule has 2 aromatic rings. The summed E-state index contributed by atoms with van der Waals surface area (Å²) in [6, 6.07) is 10.8. The Bertz CT molecular complexity index is 1210. The van der Waals surface area contributed by atoms with Crippen LogP contribution in [0.3, 0.4) is 0 Å². The summed E-state index contributed by atoms with van der Waals surface area (Å²) in [5.74, 6) is 0.0992. The zero-order valence-electron chi connectivity index (χ0n) is 22.3. The second-order valence-corrected chi connectivity index (χ2v) is 12.7. The lowest BCUT2D eigenvalue weighted by molar-refractivity contribution is -0.137. The van der Waals surface area contributed by atoms with Crippen LogP contribution in [0, 0.1) is 12.8 Å². The van der Waals surface area contributed by atoms with Gasteiger partial charge in [-0.05, 0) is 68.8 Å². The van der Waals surface area contributed by atoms with Crippen molar-refractivity contribution in [1.82, 2.24) is 14.9 Å². The number of aryl methyl sites for hydroxylation is 1. The van der Waals surface area contributed by atoms with E-state index in [2.05, 4.69) is 10.6 Å². The van der Waals surface area contributed by atoms with Crippen molar-refractivity contribution in [2.45, 2.75) is 88.0 Å². The van der Waals surface area contributed by atoms with Crippen LogP contribution in [0.5, 0.6) is 0 Å². The normalized spacial score (nSPS) is 20.5. The van der Waals surface area contributed by atoms with Crippen LogP contribution in [-0.4, -0.2) is 43.9 Å². The minimum atomic E-state index is -4.67. The number of alkyl halides is 3. The third-order valence-electron chi connectivity index (χ3n) is 7.78. The predicted molar refractivity (Wildman–Crippen MR) is 144 cm³/mol. The number of amides is 1. The fourth-order valence-electron chi connectivity index (χ4n) is 5.53. The van der Waals surface area contributed by atoms with Gasteiger partial charge in [-0.25, -0.2) is 8.42 Å². The highest BCUT2D eigenvalue weighted by molar-refractivity contribution is 7.89. The van der Waals surface area contributed by atoms with E-state index in [1.165, 1.54) is 19.3 Å². The number of piperidine rings is 1. The first-order valence-corrected chi connectivity index (χ1v) is 15.3. The Morgan fingerprint density at radius 2 is 1.69 bits per heavy atom. The summed E-state index contributed by atoms with van der Waals surface area (Å²) in [4.78, 5) is 13.1. The summed E-state index contributed by atoms with van der Waals surface area (Å²) in [5, 5.41) is 6.55. The summed E-state index contributed by atoms with van der Waals surface area (Å²) >= 11 is 0. The first-order valence-electron chi connectivity index (χ1n) is 13.8. The first kappa shape index (κ1) is 29.6. The van der Waals surface area contributed by atoms with Gasteiger partial charge in [0.25, 0.3) is 0 Å². The molecule has 2 atom stereocenters. The Balaban J connectivity index is 1.52. The summed E-state index contributed by atoms with van der Waals surface area (Å²) in [6.07, 6.45) is 2.90. The minimum Gasteiger partial charge on any atom is -0.339 e. The van der Waals surface area contributed by atoms with Gasteiger partial charge in [-0.2, -0.15) is 17.5 Å². The Kier molecular flexibility index (Phi) is 9.72. The van der Waals surface area contributed by atoms with Crippen molar-refractivity contribution < 1.29 is 26.4 Å². The van der Waals surface area contributed by atoms with Crippen LogP contribution in [-0.2, 0) is 27.4 Å². The molecule has 0 spiro atoms. The van der Waals surface area contributed by atoms with Crippen LogP contribution >= 0.6 is 0 Å². The molecule has 1 saturated heterocycles. The maximum atomic E-state index is 13.6. The molecule has 4 rings (SSSR count). The van der Waals surface area contributed by atoms with E-state index >= 15 is 0 Å². The van der Waals surface area contributed by atoms with Crippen LogP contribution in [0.15, 0.2) is 53.4 Å². The molecule has 0 bridgehead atoms. The molecular formula is C29H38F3N3O3S. The summed E-state index contributed by atoms with van der Waals surface area (Å²) in [6.45, 7) is 2.84. The molecule has 2 aliphatic rings. The SMILES string of the molecule is Cc1ccc(C[C@@H](NCC2CCCCC2)NC(=O)[C@@H]2CCCCN2S(=O)(=O)c2cccc(C(F)(F)F)c2)cc1.